The predicted molar refractivity (Wildman–Crippen MR) is 87.3 cm³/mol. The maximum atomic E-state index is 12.6. The molecular weight excluding hydrogens is 328 g/mol. The fourth-order valence-electron chi connectivity index (χ4n) is 2.89. The minimum Gasteiger partial charge on any atom is -0.493 e. The van der Waals surface area contributed by atoms with Crippen LogP contribution in [0.3, 0.4) is 0 Å². The number of benzene rings is 2. The van der Waals surface area contributed by atoms with E-state index in [4.69, 9.17) is 4.74 Å². The number of aryl methyl sites for hydroxylation is 2. The number of ketones is 1. The Morgan fingerprint density at radius 3 is 2.57 bits per heavy atom. The zero-order valence-electron chi connectivity index (χ0n) is 12.2. The monoisotopic (exact) mass is 344 g/mol. The first kappa shape index (κ1) is 14.3. The molecule has 0 atom stereocenters. The zero-order chi connectivity index (χ0) is 15.0. The van der Waals surface area contributed by atoms with Crippen molar-refractivity contribution in [2.75, 3.05) is 6.61 Å². The van der Waals surface area contributed by atoms with Crippen molar-refractivity contribution < 1.29 is 9.53 Å². The van der Waals surface area contributed by atoms with Gasteiger partial charge in [0.2, 0.25) is 0 Å². The summed E-state index contributed by atoms with van der Waals surface area (Å²) >= 11 is 3.52. The van der Waals surface area contributed by atoms with Crippen molar-refractivity contribution in [3.8, 4) is 5.75 Å². The Hall–Kier alpha value is -1.61. The second-order valence-corrected chi connectivity index (χ2v) is 6.54. The summed E-state index contributed by atoms with van der Waals surface area (Å²) in [5.41, 5.74) is 5.18. The molecule has 1 aliphatic heterocycles. The van der Waals surface area contributed by atoms with Crippen LogP contribution < -0.4 is 4.74 Å². The van der Waals surface area contributed by atoms with Crippen LogP contribution in [0, 0.1) is 13.8 Å². The number of hydrogen-bond donors (Lipinski definition) is 0. The molecule has 0 aromatic heterocycles. The Labute approximate surface area is 133 Å². The van der Waals surface area contributed by atoms with Crippen molar-refractivity contribution in [3.05, 3.63) is 62.6 Å². The summed E-state index contributed by atoms with van der Waals surface area (Å²) in [4.78, 5) is 12.6. The van der Waals surface area contributed by atoms with E-state index in [1.165, 1.54) is 5.56 Å². The number of fused-ring (bicyclic) bond motifs is 1. The molecule has 0 unspecified atom stereocenters. The van der Waals surface area contributed by atoms with Crippen molar-refractivity contribution in [1.29, 1.82) is 0 Å². The number of halogens is 1. The summed E-state index contributed by atoms with van der Waals surface area (Å²) in [5, 5.41) is 0. The van der Waals surface area contributed by atoms with Gasteiger partial charge in [0.1, 0.15) is 5.75 Å². The van der Waals surface area contributed by atoms with Gasteiger partial charge < -0.3 is 4.74 Å². The van der Waals surface area contributed by atoms with E-state index in [2.05, 4.69) is 28.1 Å². The van der Waals surface area contributed by atoms with Crippen LogP contribution in [0.2, 0.25) is 0 Å². The van der Waals surface area contributed by atoms with Gasteiger partial charge in [-0.1, -0.05) is 33.1 Å². The second-order valence-electron chi connectivity index (χ2n) is 5.63. The highest BCUT2D eigenvalue weighted by Crippen LogP contribution is 2.33. The Bertz CT molecular complexity index is 699. The SMILES string of the molecule is Cc1cc(C)cc(C(=O)Cc2cc(Br)cc3c2OCC3)c1. The highest BCUT2D eigenvalue weighted by atomic mass is 79.9. The van der Waals surface area contributed by atoms with E-state index in [1.54, 1.807) is 0 Å². The average Bonchev–Trinajstić information content (AvgIpc) is 2.85. The number of carbonyl (C=O) groups is 1. The first-order valence-electron chi connectivity index (χ1n) is 7.08. The minimum atomic E-state index is 0.137. The second kappa shape index (κ2) is 5.64. The predicted octanol–water partition coefficient (Wildman–Crippen LogP) is 4.43. The van der Waals surface area contributed by atoms with Gasteiger partial charge in [0, 0.05) is 28.4 Å². The van der Waals surface area contributed by atoms with E-state index in [0.717, 1.165) is 38.9 Å². The maximum absolute atomic E-state index is 12.6. The van der Waals surface area contributed by atoms with Gasteiger partial charge >= 0.3 is 0 Å². The number of Topliss-reactive ketones (excluding diaryl/α,β-unsaturated/α-hetero) is 1. The molecule has 0 amide bonds. The van der Waals surface area contributed by atoms with E-state index in [9.17, 15) is 4.79 Å². The number of ether oxygens (including phenoxy) is 1. The van der Waals surface area contributed by atoms with E-state index in [0.29, 0.717) is 13.0 Å². The Kier molecular flexibility index (Phi) is 3.85. The molecule has 0 fully saturated rings. The molecular formula is C18H17BrO2. The molecule has 108 valence electrons. The lowest BCUT2D eigenvalue weighted by atomic mass is 9.98. The van der Waals surface area contributed by atoms with Gasteiger partial charge in [-0.05, 0) is 43.7 Å². The lowest BCUT2D eigenvalue weighted by Crippen LogP contribution is -2.06. The first-order valence-corrected chi connectivity index (χ1v) is 7.88. The molecule has 0 saturated heterocycles. The van der Waals surface area contributed by atoms with Crippen molar-refractivity contribution in [2.24, 2.45) is 0 Å². The summed E-state index contributed by atoms with van der Waals surface area (Å²) in [6, 6.07) is 10.1. The molecule has 0 saturated carbocycles. The topological polar surface area (TPSA) is 26.3 Å². The van der Waals surface area contributed by atoms with E-state index >= 15 is 0 Å². The normalized spacial score (nSPS) is 12.9. The quantitative estimate of drug-likeness (QED) is 0.770. The van der Waals surface area contributed by atoms with Crippen LogP contribution in [0.15, 0.2) is 34.8 Å². The van der Waals surface area contributed by atoms with Gasteiger partial charge in [0.05, 0.1) is 6.61 Å². The lowest BCUT2D eigenvalue weighted by Gasteiger charge is -2.09. The van der Waals surface area contributed by atoms with Crippen LogP contribution in [0.4, 0.5) is 0 Å². The molecule has 2 aromatic rings. The van der Waals surface area contributed by atoms with Crippen LogP contribution in [0.25, 0.3) is 0 Å². The van der Waals surface area contributed by atoms with Gasteiger partial charge in [-0.25, -0.2) is 0 Å². The summed E-state index contributed by atoms with van der Waals surface area (Å²) < 4.78 is 6.70. The molecule has 0 spiro atoms. The molecule has 0 bridgehead atoms. The standard InChI is InChI=1S/C18H17BrO2/c1-11-5-12(2)7-14(6-11)17(20)10-15-9-16(19)8-13-3-4-21-18(13)15/h5-9H,3-4,10H2,1-2H3. The zero-order valence-corrected chi connectivity index (χ0v) is 13.8. The third-order valence-electron chi connectivity index (χ3n) is 3.72. The van der Waals surface area contributed by atoms with Crippen LogP contribution in [0.5, 0.6) is 5.75 Å². The molecule has 2 aromatic carbocycles. The Morgan fingerprint density at radius 2 is 1.86 bits per heavy atom. The van der Waals surface area contributed by atoms with E-state index < -0.39 is 0 Å². The van der Waals surface area contributed by atoms with Crippen molar-refractivity contribution in [2.45, 2.75) is 26.7 Å². The number of hydrogen-bond acceptors (Lipinski definition) is 2. The van der Waals surface area contributed by atoms with Gasteiger partial charge in [-0.15, -0.1) is 0 Å². The van der Waals surface area contributed by atoms with Crippen LogP contribution in [-0.4, -0.2) is 12.4 Å². The lowest BCUT2D eigenvalue weighted by molar-refractivity contribution is 0.0992. The minimum absolute atomic E-state index is 0.137. The molecule has 3 rings (SSSR count). The smallest absolute Gasteiger partial charge is 0.167 e. The van der Waals surface area contributed by atoms with Crippen LogP contribution >= 0.6 is 15.9 Å². The van der Waals surface area contributed by atoms with E-state index in [-0.39, 0.29) is 5.78 Å². The van der Waals surface area contributed by atoms with Gasteiger partial charge in [0.25, 0.3) is 0 Å². The first-order chi connectivity index (χ1) is 10.0. The molecule has 1 aliphatic rings. The van der Waals surface area contributed by atoms with Crippen LogP contribution in [-0.2, 0) is 12.8 Å². The fourth-order valence-corrected chi connectivity index (χ4v) is 3.44. The third-order valence-corrected chi connectivity index (χ3v) is 4.18. The maximum Gasteiger partial charge on any atom is 0.167 e. The van der Waals surface area contributed by atoms with E-state index in [1.807, 2.05) is 32.0 Å². The third kappa shape index (κ3) is 3.03. The number of rotatable bonds is 3. The Morgan fingerprint density at radius 1 is 1.14 bits per heavy atom. The summed E-state index contributed by atoms with van der Waals surface area (Å²) in [6.45, 7) is 4.74. The van der Waals surface area contributed by atoms with Gasteiger partial charge in [0.15, 0.2) is 5.78 Å². The average molecular weight is 345 g/mol. The molecule has 0 radical (unpaired) electrons. The summed E-state index contributed by atoms with van der Waals surface area (Å²) in [5.74, 6) is 1.04. The van der Waals surface area contributed by atoms with Gasteiger partial charge in [-0.2, -0.15) is 0 Å². The van der Waals surface area contributed by atoms with Crippen molar-refractivity contribution in [3.63, 3.8) is 0 Å². The molecule has 1 heterocycles. The molecule has 0 N–H and O–H groups in total. The molecule has 2 nitrogen and oxygen atoms in total. The van der Waals surface area contributed by atoms with Crippen molar-refractivity contribution in [1.82, 2.24) is 0 Å². The molecule has 0 aliphatic carbocycles. The van der Waals surface area contributed by atoms with Gasteiger partial charge in [-0.3, -0.25) is 4.79 Å². The largest absolute Gasteiger partial charge is 0.493 e. The highest BCUT2D eigenvalue weighted by molar-refractivity contribution is 9.10. The Balaban J connectivity index is 1.92. The summed E-state index contributed by atoms with van der Waals surface area (Å²) in [7, 11) is 0. The van der Waals surface area contributed by atoms with Crippen LogP contribution in [0.1, 0.15) is 32.6 Å². The molecule has 21 heavy (non-hydrogen) atoms. The van der Waals surface area contributed by atoms with Crippen molar-refractivity contribution >= 4 is 21.7 Å². The summed E-state index contributed by atoms with van der Waals surface area (Å²) in [6.07, 6.45) is 1.30. The fraction of sp³-hybridized carbons (Fsp3) is 0.278. The molecule has 3 heteroatoms. The highest BCUT2D eigenvalue weighted by Gasteiger charge is 2.19. The number of carbonyl (C=O) groups excluding carboxylic acids is 1.